The molecule has 0 spiro atoms. The average Bonchev–Trinajstić information content (AvgIpc) is 3.51. The number of ketones is 1. The topological polar surface area (TPSA) is 76.0 Å². The Morgan fingerprint density at radius 1 is 1.28 bits per heavy atom. The molecule has 32 heavy (non-hydrogen) atoms. The predicted molar refractivity (Wildman–Crippen MR) is 125 cm³/mol. The molecular formula is C26H34F2N2O2. The standard InChI is InChI=1S/C26H34F2N2O2/c1-5-12-26(27,28)13-6-7-17(3)25(14-15-25)24(32)23-20(29)10-8-16(2)22(23)19-9-11-21(31)30-18(19)4/h7-11,20,23H,5-6,12-15,29H2,1-4H3,(H,30,31)/b17-7+. The van der Waals surface area contributed by atoms with Gasteiger partial charge in [-0.2, -0.15) is 0 Å². The third-order valence-corrected chi connectivity index (χ3v) is 6.93. The molecule has 1 fully saturated rings. The van der Waals surface area contributed by atoms with Gasteiger partial charge in [-0.25, -0.2) is 8.78 Å². The van der Waals surface area contributed by atoms with Crippen LogP contribution in [0.25, 0.3) is 5.57 Å². The van der Waals surface area contributed by atoms with Gasteiger partial charge < -0.3 is 10.7 Å². The molecule has 2 aliphatic carbocycles. The molecule has 3 N–H and O–H groups in total. The number of hydrogen-bond acceptors (Lipinski definition) is 3. The lowest BCUT2D eigenvalue weighted by Gasteiger charge is -2.32. The monoisotopic (exact) mass is 444 g/mol. The van der Waals surface area contributed by atoms with Crippen LogP contribution in [0, 0.1) is 18.3 Å². The van der Waals surface area contributed by atoms with Gasteiger partial charge in [0.15, 0.2) is 5.78 Å². The van der Waals surface area contributed by atoms with Crippen molar-refractivity contribution in [3.05, 3.63) is 63.1 Å². The fourth-order valence-corrected chi connectivity index (χ4v) is 4.89. The number of H-pyrrole nitrogens is 1. The molecule has 1 aromatic heterocycles. The summed E-state index contributed by atoms with van der Waals surface area (Å²) >= 11 is 0. The lowest BCUT2D eigenvalue weighted by molar-refractivity contribution is -0.125. The Labute approximate surface area is 188 Å². The van der Waals surface area contributed by atoms with Gasteiger partial charge in [-0.1, -0.05) is 37.1 Å². The molecule has 1 saturated carbocycles. The lowest BCUT2D eigenvalue weighted by atomic mass is 9.72. The van der Waals surface area contributed by atoms with Crippen molar-refractivity contribution in [3.63, 3.8) is 0 Å². The Bertz CT molecular complexity index is 1030. The Morgan fingerprint density at radius 2 is 1.97 bits per heavy atom. The van der Waals surface area contributed by atoms with Crippen molar-refractivity contribution in [2.75, 3.05) is 0 Å². The lowest BCUT2D eigenvalue weighted by Crippen LogP contribution is -2.41. The van der Waals surface area contributed by atoms with Crippen molar-refractivity contribution in [2.24, 2.45) is 17.1 Å². The van der Waals surface area contributed by atoms with Crippen LogP contribution in [-0.4, -0.2) is 22.7 Å². The molecule has 0 amide bonds. The van der Waals surface area contributed by atoms with Crippen LogP contribution in [0.1, 0.15) is 70.6 Å². The number of aromatic nitrogens is 1. The zero-order chi connectivity index (χ0) is 23.7. The summed E-state index contributed by atoms with van der Waals surface area (Å²) in [5.74, 6) is -3.17. The summed E-state index contributed by atoms with van der Waals surface area (Å²) < 4.78 is 27.8. The molecule has 174 valence electrons. The highest BCUT2D eigenvalue weighted by Gasteiger charge is 2.54. The van der Waals surface area contributed by atoms with Crippen LogP contribution >= 0.6 is 0 Å². The molecule has 2 atom stereocenters. The van der Waals surface area contributed by atoms with E-state index in [2.05, 4.69) is 4.98 Å². The number of carbonyl (C=O) groups is 1. The van der Waals surface area contributed by atoms with Crippen molar-refractivity contribution in [1.82, 2.24) is 4.98 Å². The number of pyridine rings is 1. The fourth-order valence-electron chi connectivity index (χ4n) is 4.89. The zero-order valence-corrected chi connectivity index (χ0v) is 19.4. The van der Waals surface area contributed by atoms with Gasteiger partial charge in [-0.15, -0.1) is 0 Å². The van der Waals surface area contributed by atoms with Gasteiger partial charge in [0.1, 0.15) is 0 Å². The largest absolute Gasteiger partial charge is 0.326 e. The minimum atomic E-state index is -2.67. The van der Waals surface area contributed by atoms with Gasteiger partial charge in [-0.3, -0.25) is 9.59 Å². The van der Waals surface area contributed by atoms with Gasteiger partial charge in [0.2, 0.25) is 11.5 Å². The number of Topliss-reactive ketones (excluding diaryl/α,β-unsaturated/α-hetero) is 1. The predicted octanol–water partition coefficient (Wildman–Crippen LogP) is 5.48. The number of hydrogen-bond donors (Lipinski definition) is 2. The van der Waals surface area contributed by atoms with E-state index in [1.807, 2.05) is 39.0 Å². The second-order valence-corrected chi connectivity index (χ2v) is 9.35. The highest BCUT2D eigenvalue weighted by atomic mass is 19.3. The minimum absolute atomic E-state index is 0.0448. The highest BCUT2D eigenvalue weighted by Crippen LogP contribution is 2.56. The molecule has 1 aromatic rings. The maximum Gasteiger partial charge on any atom is 0.248 e. The summed E-state index contributed by atoms with van der Waals surface area (Å²) in [7, 11) is 0. The second kappa shape index (κ2) is 9.26. The van der Waals surface area contributed by atoms with Crippen LogP contribution in [0.5, 0.6) is 0 Å². The van der Waals surface area contributed by atoms with Crippen LogP contribution in [0.15, 0.2) is 46.3 Å². The zero-order valence-electron chi connectivity index (χ0n) is 19.4. The van der Waals surface area contributed by atoms with Crippen LogP contribution in [0.3, 0.4) is 0 Å². The molecule has 1 heterocycles. The summed E-state index contributed by atoms with van der Waals surface area (Å²) in [5.41, 5.74) is 9.77. The van der Waals surface area contributed by atoms with Crippen molar-refractivity contribution in [1.29, 1.82) is 0 Å². The first-order chi connectivity index (χ1) is 15.0. The smallest absolute Gasteiger partial charge is 0.248 e. The van der Waals surface area contributed by atoms with Gasteiger partial charge in [0.05, 0.1) is 11.3 Å². The van der Waals surface area contributed by atoms with Gasteiger partial charge >= 0.3 is 0 Å². The van der Waals surface area contributed by atoms with Crippen molar-refractivity contribution in [2.45, 2.75) is 78.2 Å². The van der Waals surface area contributed by atoms with E-state index in [1.54, 1.807) is 13.0 Å². The van der Waals surface area contributed by atoms with E-state index in [0.717, 1.165) is 22.3 Å². The molecule has 0 radical (unpaired) electrons. The van der Waals surface area contributed by atoms with Gasteiger partial charge in [0.25, 0.3) is 0 Å². The Hall–Kier alpha value is -2.34. The van der Waals surface area contributed by atoms with Gasteiger partial charge in [0, 0.05) is 30.6 Å². The molecule has 3 rings (SSSR count). The first-order valence-electron chi connectivity index (χ1n) is 11.5. The molecule has 2 unspecified atom stereocenters. The van der Waals surface area contributed by atoms with E-state index >= 15 is 0 Å². The summed E-state index contributed by atoms with van der Waals surface area (Å²) in [6.07, 6.45) is 7.41. The van der Waals surface area contributed by atoms with E-state index < -0.39 is 23.3 Å². The normalized spacial score (nSPS) is 22.9. The van der Waals surface area contributed by atoms with Crippen LogP contribution in [-0.2, 0) is 4.79 Å². The number of alkyl halides is 2. The maximum absolute atomic E-state index is 13.9. The molecule has 0 bridgehead atoms. The number of halogens is 2. The molecule has 0 aliphatic heterocycles. The van der Waals surface area contributed by atoms with Crippen molar-refractivity contribution in [3.8, 4) is 0 Å². The number of carbonyl (C=O) groups excluding carboxylic acids is 1. The SMILES string of the molecule is CCCC(F)(F)CC/C=C(\C)C1(C(=O)C2C(c3ccc(=O)[nH]c3C)=C(C)C=CC2N)CC1. The Morgan fingerprint density at radius 3 is 2.56 bits per heavy atom. The third kappa shape index (κ3) is 4.85. The van der Waals surface area contributed by atoms with E-state index in [-0.39, 0.29) is 30.6 Å². The number of nitrogens with one attached hydrogen (secondary N) is 1. The number of rotatable bonds is 9. The van der Waals surface area contributed by atoms with E-state index in [1.165, 1.54) is 6.07 Å². The molecule has 2 aliphatic rings. The Kier molecular flexibility index (Phi) is 7.03. The van der Waals surface area contributed by atoms with Gasteiger partial charge in [-0.05, 0) is 62.8 Å². The number of aryl methyl sites for hydroxylation is 1. The second-order valence-electron chi connectivity index (χ2n) is 9.35. The van der Waals surface area contributed by atoms with Crippen molar-refractivity contribution < 1.29 is 13.6 Å². The molecule has 4 nitrogen and oxygen atoms in total. The van der Waals surface area contributed by atoms with Crippen molar-refractivity contribution >= 4 is 11.4 Å². The van der Waals surface area contributed by atoms with E-state index in [9.17, 15) is 18.4 Å². The first kappa shape index (κ1) is 24.3. The number of aromatic amines is 1. The van der Waals surface area contributed by atoms with Crippen LogP contribution in [0.4, 0.5) is 8.78 Å². The summed E-state index contributed by atoms with van der Waals surface area (Å²) in [5, 5.41) is 0. The molecule has 0 saturated heterocycles. The number of allylic oxidation sites excluding steroid dienone is 4. The summed E-state index contributed by atoms with van der Waals surface area (Å²) in [6, 6.07) is 2.73. The summed E-state index contributed by atoms with van der Waals surface area (Å²) in [4.78, 5) is 28.4. The molecule has 0 aromatic carbocycles. The van der Waals surface area contributed by atoms with Crippen LogP contribution in [0.2, 0.25) is 0 Å². The molecular weight excluding hydrogens is 410 g/mol. The number of nitrogens with two attached hydrogens (primary N) is 1. The van der Waals surface area contributed by atoms with E-state index in [4.69, 9.17) is 5.73 Å². The minimum Gasteiger partial charge on any atom is -0.326 e. The summed E-state index contributed by atoms with van der Waals surface area (Å²) in [6.45, 7) is 7.40. The Balaban J connectivity index is 1.89. The fraction of sp³-hybridized carbons (Fsp3) is 0.538. The molecule has 6 heteroatoms. The van der Waals surface area contributed by atoms with Crippen LogP contribution < -0.4 is 11.3 Å². The van der Waals surface area contributed by atoms with E-state index in [0.29, 0.717) is 25.0 Å². The average molecular weight is 445 g/mol. The highest BCUT2D eigenvalue weighted by molar-refractivity contribution is 6.02. The quantitative estimate of drug-likeness (QED) is 0.495. The first-order valence-corrected chi connectivity index (χ1v) is 11.5. The third-order valence-electron chi connectivity index (χ3n) is 6.93. The maximum atomic E-state index is 13.9.